The third kappa shape index (κ3) is 5.91. The molecule has 0 saturated heterocycles. The number of carbonyl (C=O) groups excluding carboxylic acids is 1. The lowest BCUT2D eigenvalue weighted by Crippen LogP contribution is -2.33. The van der Waals surface area contributed by atoms with Crippen LogP contribution in [0.4, 0.5) is 20.2 Å². The van der Waals surface area contributed by atoms with E-state index in [1.165, 1.54) is 32.0 Å². The van der Waals surface area contributed by atoms with Crippen molar-refractivity contribution >= 4 is 39.9 Å². The zero-order valence-electron chi connectivity index (χ0n) is 13.6. The molecule has 0 fully saturated rings. The van der Waals surface area contributed by atoms with Crippen molar-refractivity contribution in [3.05, 3.63) is 57.2 Å². The molecule has 0 radical (unpaired) electrons. The molecule has 0 heterocycles. The van der Waals surface area contributed by atoms with Crippen molar-refractivity contribution in [3.63, 3.8) is 0 Å². The normalized spacial score (nSPS) is 11.3. The van der Waals surface area contributed by atoms with Crippen LogP contribution in [0, 0.1) is 15.2 Å². The predicted octanol–water partition coefficient (Wildman–Crippen LogP) is 3.75. The van der Waals surface area contributed by atoms with Crippen molar-refractivity contribution in [2.75, 3.05) is 11.9 Å². The Hall–Kier alpha value is -1.78. The van der Waals surface area contributed by atoms with Crippen LogP contribution >= 0.6 is 22.6 Å². The molecule has 2 aromatic carbocycles. The molecule has 0 bridgehead atoms. The molecule has 0 atom stereocenters. The summed E-state index contributed by atoms with van der Waals surface area (Å²) >= 11 is 1.97. The molecule has 2 aromatic rings. The number of benzene rings is 2. The van der Waals surface area contributed by atoms with E-state index in [9.17, 15) is 18.7 Å². The Kier molecular flexibility index (Phi) is 6.31. The second kappa shape index (κ2) is 8.07. The van der Waals surface area contributed by atoms with Crippen LogP contribution in [0.2, 0.25) is 0 Å². The summed E-state index contributed by atoms with van der Waals surface area (Å²) in [6.07, 6.45) is 0. The molecule has 0 aliphatic heterocycles. The molecule has 134 valence electrons. The summed E-state index contributed by atoms with van der Waals surface area (Å²) in [7, 11) is 0. The second-order valence-corrected chi connectivity index (χ2v) is 7.22. The molecule has 25 heavy (non-hydrogen) atoms. The molecule has 8 heteroatoms. The highest BCUT2D eigenvalue weighted by molar-refractivity contribution is 14.1. The monoisotopic (exact) mass is 462 g/mol. The first kappa shape index (κ1) is 19.5. The summed E-state index contributed by atoms with van der Waals surface area (Å²) in [5.41, 5.74) is 1.31. The van der Waals surface area contributed by atoms with Crippen LogP contribution in [0.25, 0.3) is 0 Å². The topological polar surface area (TPSA) is 70.6 Å². The molecule has 5 nitrogen and oxygen atoms in total. The zero-order valence-corrected chi connectivity index (χ0v) is 15.7. The van der Waals surface area contributed by atoms with E-state index >= 15 is 0 Å². The van der Waals surface area contributed by atoms with E-state index in [0.29, 0.717) is 3.57 Å². The molecule has 2 rings (SSSR count). The van der Waals surface area contributed by atoms with Gasteiger partial charge in [0.2, 0.25) is 0 Å². The van der Waals surface area contributed by atoms with Gasteiger partial charge < -0.3 is 10.4 Å². The summed E-state index contributed by atoms with van der Waals surface area (Å²) in [5, 5.41) is 12.3. The largest absolute Gasteiger partial charge is 0.388 e. The molecular weight excluding hydrogens is 445 g/mol. The number of hydrogen-bond donors (Lipinski definition) is 3. The minimum absolute atomic E-state index is 0.0649. The Morgan fingerprint density at radius 3 is 2.56 bits per heavy atom. The van der Waals surface area contributed by atoms with Crippen molar-refractivity contribution in [3.8, 4) is 0 Å². The average Bonchev–Trinajstić information content (AvgIpc) is 2.49. The van der Waals surface area contributed by atoms with Gasteiger partial charge in [-0.3, -0.25) is 9.63 Å². The lowest BCUT2D eigenvalue weighted by Gasteiger charge is -2.17. The number of nitrogens with one attached hydrogen (secondary N) is 2. The fraction of sp³-hybridized carbons (Fsp3) is 0.235. The van der Waals surface area contributed by atoms with E-state index in [1.54, 1.807) is 6.07 Å². The van der Waals surface area contributed by atoms with Gasteiger partial charge in [-0.1, -0.05) is 0 Å². The number of amides is 1. The Morgan fingerprint density at radius 2 is 1.92 bits per heavy atom. The summed E-state index contributed by atoms with van der Waals surface area (Å²) < 4.78 is 28.3. The Labute approximate surface area is 157 Å². The smallest absolute Gasteiger partial charge is 0.276 e. The van der Waals surface area contributed by atoms with Crippen molar-refractivity contribution in [2.24, 2.45) is 0 Å². The van der Waals surface area contributed by atoms with Crippen molar-refractivity contribution in [1.82, 2.24) is 5.48 Å². The maximum absolute atomic E-state index is 14.0. The lowest BCUT2D eigenvalue weighted by atomic mass is 10.1. The van der Waals surface area contributed by atoms with Crippen molar-refractivity contribution in [1.29, 1.82) is 0 Å². The van der Waals surface area contributed by atoms with Gasteiger partial charge in [0.1, 0.15) is 18.2 Å². The quantitative estimate of drug-likeness (QED) is 0.452. The number of hydroxylamine groups is 1. The van der Waals surface area contributed by atoms with E-state index in [4.69, 9.17) is 4.84 Å². The standard InChI is InChI=1S/C17H17F2IN2O3/c1-17(2,24)9-25-22-16(23)12-5-3-10(18)7-15(12)21-14-6-4-11(20)8-13(14)19/h3-8,21,24H,9H2,1-2H3,(H,22,23). The van der Waals surface area contributed by atoms with E-state index in [2.05, 4.69) is 10.8 Å². The van der Waals surface area contributed by atoms with Crippen LogP contribution in [0.1, 0.15) is 24.2 Å². The maximum atomic E-state index is 14.0. The van der Waals surface area contributed by atoms with Crippen LogP contribution in [-0.4, -0.2) is 23.2 Å². The highest BCUT2D eigenvalue weighted by atomic mass is 127. The minimum Gasteiger partial charge on any atom is -0.388 e. The predicted molar refractivity (Wildman–Crippen MR) is 98.5 cm³/mol. The van der Waals surface area contributed by atoms with Crippen molar-refractivity contribution in [2.45, 2.75) is 19.4 Å². The second-order valence-electron chi connectivity index (χ2n) is 5.97. The molecular formula is C17H17F2IN2O3. The van der Waals surface area contributed by atoms with Gasteiger partial charge in [0, 0.05) is 3.57 Å². The molecule has 0 aliphatic rings. The van der Waals surface area contributed by atoms with Gasteiger partial charge in [0.05, 0.1) is 22.5 Å². The Bertz CT molecular complexity index is 779. The summed E-state index contributed by atoms with van der Waals surface area (Å²) in [4.78, 5) is 17.2. The third-order valence-corrected chi connectivity index (χ3v) is 3.69. The van der Waals surface area contributed by atoms with E-state index in [1.807, 2.05) is 22.6 Å². The zero-order chi connectivity index (χ0) is 18.6. The minimum atomic E-state index is -1.12. The van der Waals surface area contributed by atoms with E-state index in [0.717, 1.165) is 12.1 Å². The molecule has 0 aliphatic carbocycles. The van der Waals surface area contributed by atoms with Gasteiger partial charge in [-0.2, -0.15) is 0 Å². The lowest BCUT2D eigenvalue weighted by molar-refractivity contribution is -0.0522. The molecule has 1 amide bonds. The Balaban J connectivity index is 2.20. The fourth-order valence-electron chi connectivity index (χ4n) is 1.89. The maximum Gasteiger partial charge on any atom is 0.276 e. The molecule has 0 unspecified atom stereocenters. The van der Waals surface area contributed by atoms with Crippen LogP contribution in [0.5, 0.6) is 0 Å². The van der Waals surface area contributed by atoms with Gasteiger partial charge in [0.15, 0.2) is 0 Å². The Morgan fingerprint density at radius 1 is 1.20 bits per heavy atom. The average molecular weight is 462 g/mol. The van der Waals surface area contributed by atoms with Crippen LogP contribution in [0.3, 0.4) is 0 Å². The summed E-state index contributed by atoms with van der Waals surface area (Å²) in [6.45, 7) is 2.90. The number of aliphatic hydroxyl groups is 1. The first-order chi connectivity index (χ1) is 11.7. The highest BCUT2D eigenvalue weighted by Gasteiger charge is 2.17. The number of halogens is 3. The molecule has 3 N–H and O–H groups in total. The van der Waals surface area contributed by atoms with Gasteiger partial charge in [-0.05, 0) is 72.8 Å². The van der Waals surface area contributed by atoms with Gasteiger partial charge in [0.25, 0.3) is 5.91 Å². The first-order valence-corrected chi connectivity index (χ1v) is 8.40. The summed E-state index contributed by atoms with van der Waals surface area (Å²) in [6, 6.07) is 7.94. The fourth-order valence-corrected chi connectivity index (χ4v) is 2.34. The van der Waals surface area contributed by atoms with Gasteiger partial charge >= 0.3 is 0 Å². The van der Waals surface area contributed by atoms with E-state index < -0.39 is 23.1 Å². The van der Waals surface area contributed by atoms with Crippen LogP contribution in [-0.2, 0) is 4.84 Å². The number of carbonyl (C=O) groups is 1. The number of anilines is 2. The van der Waals surface area contributed by atoms with Crippen LogP contribution < -0.4 is 10.8 Å². The molecule has 0 spiro atoms. The SMILES string of the molecule is CC(C)(O)CONC(=O)c1ccc(F)cc1Nc1ccc(I)cc1F. The molecule has 0 saturated carbocycles. The van der Waals surface area contributed by atoms with Crippen LogP contribution in [0.15, 0.2) is 36.4 Å². The summed E-state index contributed by atoms with van der Waals surface area (Å²) in [5.74, 6) is -1.76. The third-order valence-electron chi connectivity index (χ3n) is 3.02. The van der Waals surface area contributed by atoms with E-state index in [-0.39, 0.29) is 23.5 Å². The molecule has 0 aromatic heterocycles. The highest BCUT2D eigenvalue weighted by Crippen LogP contribution is 2.25. The number of hydrogen-bond acceptors (Lipinski definition) is 4. The van der Waals surface area contributed by atoms with Gasteiger partial charge in [-0.25, -0.2) is 14.3 Å². The van der Waals surface area contributed by atoms with Gasteiger partial charge in [-0.15, -0.1) is 0 Å². The number of rotatable bonds is 6. The van der Waals surface area contributed by atoms with Crippen molar-refractivity contribution < 1.29 is 23.5 Å². The first-order valence-electron chi connectivity index (χ1n) is 7.32.